The lowest BCUT2D eigenvalue weighted by Crippen LogP contribution is -2.20. The molecule has 4 aromatic rings. The van der Waals surface area contributed by atoms with Gasteiger partial charge in [0.2, 0.25) is 5.91 Å². The zero-order valence-electron chi connectivity index (χ0n) is 16.8. The number of aromatic nitrogens is 2. The van der Waals surface area contributed by atoms with Gasteiger partial charge in [0.25, 0.3) is 0 Å². The summed E-state index contributed by atoms with van der Waals surface area (Å²) in [5, 5.41) is 3.39. The number of thiazole rings is 1. The Kier molecular flexibility index (Phi) is 5.22. The second-order valence-electron chi connectivity index (χ2n) is 7.17. The first-order valence-electron chi connectivity index (χ1n) is 9.46. The zero-order chi connectivity index (χ0) is 21.4. The average molecular weight is 421 g/mol. The van der Waals surface area contributed by atoms with Crippen LogP contribution in [0.2, 0.25) is 0 Å². The molecule has 1 amide bonds. The smallest absolute Gasteiger partial charge is 0.246 e. The number of anilines is 1. The summed E-state index contributed by atoms with van der Waals surface area (Å²) in [5.74, 6) is -0.676. The van der Waals surface area contributed by atoms with Crippen molar-refractivity contribution < 1.29 is 14.0 Å². The molecule has 0 saturated heterocycles. The van der Waals surface area contributed by atoms with Gasteiger partial charge in [-0.1, -0.05) is 23.5 Å². The number of para-hydroxylation sites is 1. The van der Waals surface area contributed by atoms with E-state index in [9.17, 15) is 14.0 Å². The van der Waals surface area contributed by atoms with Gasteiger partial charge in [0.05, 0.1) is 10.2 Å². The maximum Gasteiger partial charge on any atom is 0.246 e. The molecule has 1 N–H and O–H groups in total. The van der Waals surface area contributed by atoms with Crippen LogP contribution in [0.3, 0.4) is 0 Å². The Hall–Kier alpha value is -3.32. The fraction of sp³-hybridized carbons (Fsp3) is 0.174. The van der Waals surface area contributed by atoms with Crippen LogP contribution in [0.1, 0.15) is 28.5 Å². The highest BCUT2D eigenvalue weighted by atomic mass is 32.1. The molecule has 0 saturated carbocycles. The van der Waals surface area contributed by atoms with Crippen LogP contribution in [0.4, 0.5) is 9.52 Å². The summed E-state index contributed by atoms with van der Waals surface area (Å²) >= 11 is 1.42. The van der Waals surface area contributed by atoms with Crippen LogP contribution in [0, 0.1) is 19.7 Å². The molecule has 152 valence electrons. The van der Waals surface area contributed by atoms with Gasteiger partial charge >= 0.3 is 0 Å². The first-order valence-corrected chi connectivity index (χ1v) is 10.3. The number of hydrogen-bond donors (Lipinski definition) is 1. The third kappa shape index (κ3) is 3.76. The average Bonchev–Trinajstić information content (AvgIpc) is 3.25. The van der Waals surface area contributed by atoms with E-state index in [1.54, 1.807) is 29.7 Å². The quantitative estimate of drug-likeness (QED) is 0.441. The number of rotatable bonds is 5. The number of hydrogen-bond acceptors (Lipinski definition) is 4. The van der Waals surface area contributed by atoms with Crippen LogP contribution in [0.25, 0.3) is 21.5 Å². The van der Waals surface area contributed by atoms with Crippen molar-refractivity contribution >= 4 is 38.4 Å². The van der Waals surface area contributed by atoms with Crippen LogP contribution < -0.4 is 5.32 Å². The highest BCUT2D eigenvalue weighted by molar-refractivity contribution is 7.22. The Balaban J connectivity index is 1.65. The van der Waals surface area contributed by atoms with E-state index in [0.29, 0.717) is 22.1 Å². The minimum absolute atomic E-state index is 0.0146. The second-order valence-corrected chi connectivity index (χ2v) is 8.20. The topological polar surface area (TPSA) is 64.0 Å². The highest BCUT2D eigenvalue weighted by Crippen LogP contribution is 2.29. The lowest BCUT2D eigenvalue weighted by atomic mass is 10.1. The first kappa shape index (κ1) is 20.0. The minimum atomic E-state index is -0.343. The van der Waals surface area contributed by atoms with Crippen molar-refractivity contribution in [1.29, 1.82) is 0 Å². The zero-order valence-corrected chi connectivity index (χ0v) is 17.6. The van der Waals surface area contributed by atoms with Gasteiger partial charge in [0.1, 0.15) is 12.4 Å². The van der Waals surface area contributed by atoms with Crippen LogP contribution in [0.5, 0.6) is 0 Å². The van der Waals surface area contributed by atoms with Crippen LogP contribution in [-0.2, 0) is 11.3 Å². The van der Waals surface area contributed by atoms with E-state index in [1.807, 2.05) is 25.1 Å². The number of nitrogens with one attached hydrogen (secondary N) is 1. The molecule has 2 aromatic carbocycles. The summed E-state index contributed by atoms with van der Waals surface area (Å²) in [7, 11) is 0. The number of aryl methyl sites for hydroxylation is 1. The molecule has 7 heteroatoms. The Morgan fingerprint density at radius 1 is 1.13 bits per heavy atom. The van der Waals surface area contributed by atoms with Gasteiger partial charge in [0.15, 0.2) is 10.9 Å². The summed E-state index contributed by atoms with van der Waals surface area (Å²) in [6, 6.07) is 13.7. The molecule has 0 atom stereocenters. The number of amides is 1. The molecule has 5 nitrogen and oxygen atoms in total. The van der Waals surface area contributed by atoms with Crippen molar-refractivity contribution in [3.8, 4) is 11.3 Å². The molecule has 0 bridgehead atoms. The van der Waals surface area contributed by atoms with Crippen LogP contribution in [0.15, 0.2) is 48.5 Å². The lowest BCUT2D eigenvalue weighted by Gasteiger charge is -2.11. The summed E-state index contributed by atoms with van der Waals surface area (Å²) in [6.07, 6.45) is 0. The van der Waals surface area contributed by atoms with Crippen molar-refractivity contribution in [2.24, 2.45) is 0 Å². The number of Topliss-reactive ketones (excluding diaryl/α,β-unsaturated/α-hetero) is 1. The monoisotopic (exact) mass is 421 g/mol. The Labute approximate surface area is 177 Å². The fourth-order valence-corrected chi connectivity index (χ4v) is 4.47. The maximum absolute atomic E-state index is 13.4. The highest BCUT2D eigenvalue weighted by Gasteiger charge is 2.19. The van der Waals surface area contributed by atoms with Crippen LogP contribution in [-0.4, -0.2) is 21.2 Å². The number of halogens is 1. The number of ketones is 1. The molecule has 0 radical (unpaired) electrons. The molecule has 4 rings (SSSR count). The summed E-state index contributed by atoms with van der Waals surface area (Å²) in [4.78, 5) is 29.4. The molecule has 30 heavy (non-hydrogen) atoms. The molecule has 0 unspecified atom stereocenters. The van der Waals surface area contributed by atoms with E-state index in [1.165, 1.54) is 30.4 Å². The molecule has 0 aliphatic carbocycles. The minimum Gasteiger partial charge on any atom is -0.335 e. The molecule has 2 heterocycles. The van der Waals surface area contributed by atoms with Gasteiger partial charge in [-0.3, -0.25) is 9.59 Å². The van der Waals surface area contributed by atoms with Crippen molar-refractivity contribution in [2.75, 3.05) is 5.32 Å². The third-order valence-electron chi connectivity index (χ3n) is 5.05. The van der Waals surface area contributed by atoms with E-state index < -0.39 is 0 Å². The number of nitrogens with zero attached hydrogens (tertiary/aromatic N) is 2. The standard InChI is InChI=1S/C23H20FN3O2S/c1-13-5-4-6-20-22(13)26-23(30-20)25-21(29)12-27-14(2)18(15(3)28)11-19(27)16-7-9-17(24)10-8-16/h4-11H,12H2,1-3H3,(H,25,26,29). The number of benzene rings is 2. The molecule has 0 fully saturated rings. The Morgan fingerprint density at radius 2 is 1.87 bits per heavy atom. The van der Waals surface area contributed by atoms with E-state index in [4.69, 9.17) is 0 Å². The van der Waals surface area contributed by atoms with Gasteiger partial charge in [0, 0.05) is 17.0 Å². The fourth-order valence-electron chi connectivity index (χ4n) is 3.51. The molecular weight excluding hydrogens is 401 g/mol. The SMILES string of the molecule is CC(=O)c1cc(-c2ccc(F)cc2)n(CC(=O)Nc2nc3c(C)cccc3s2)c1C. The lowest BCUT2D eigenvalue weighted by molar-refractivity contribution is -0.116. The van der Waals surface area contributed by atoms with E-state index in [-0.39, 0.29) is 24.1 Å². The van der Waals surface area contributed by atoms with Crippen molar-refractivity contribution in [2.45, 2.75) is 27.3 Å². The largest absolute Gasteiger partial charge is 0.335 e. The molecule has 0 spiro atoms. The van der Waals surface area contributed by atoms with Gasteiger partial charge in [-0.05, 0) is 68.3 Å². The van der Waals surface area contributed by atoms with Crippen molar-refractivity contribution in [1.82, 2.24) is 9.55 Å². The first-order chi connectivity index (χ1) is 14.3. The van der Waals surface area contributed by atoms with Gasteiger partial charge < -0.3 is 9.88 Å². The summed E-state index contributed by atoms with van der Waals surface area (Å²) in [5.41, 5.74) is 4.58. The normalized spacial score (nSPS) is 11.1. The summed E-state index contributed by atoms with van der Waals surface area (Å²) < 4.78 is 16.1. The molecule has 0 aliphatic rings. The van der Waals surface area contributed by atoms with Gasteiger partial charge in [-0.25, -0.2) is 9.37 Å². The van der Waals surface area contributed by atoms with Crippen molar-refractivity contribution in [3.05, 3.63) is 71.2 Å². The number of carbonyl (C=O) groups excluding carboxylic acids is 2. The van der Waals surface area contributed by atoms with Gasteiger partial charge in [-0.2, -0.15) is 0 Å². The van der Waals surface area contributed by atoms with Crippen molar-refractivity contribution in [3.63, 3.8) is 0 Å². The third-order valence-corrected chi connectivity index (χ3v) is 5.99. The van der Waals surface area contributed by atoms with E-state index >= 15 is 0 Å². The predicted molar refractivity (Wildman–Crippen MR) is 118 cm³/mol. The number of fused-ring (bicyclic) bond motifs is 1. The van der Waals surface area contributed by atoms with E-state index in [0.717, 1.165) is 21.3 Å². The molecule has 0 aliphatic heterocycles. The maximum atomic E-state index is 13.4. The van der Waals surface area contributed by atoms with E-state index in [2.05, 4.69) is 10.3 Å². The Morgan fingerprint density at radius 3 is 2.53 bits per heavy atom. The number of carbonyl (C=O) groups is 2. The molecular formula is C23H20FN3O2S. The predicted octanol–water partition coefficient (Wildman–Crippen LogP) is 5.36. The summed E-state index contributed by atoms with van der Waals surface area (Å²) in [6.45, 7) is 5.29. The van der Waals surface area contributed by atoms with Gasteiger partial charge in [-0.15, -0.1) is 0 Å². The molecule has 2 aromatic heterocycles. The van der Waals surface area contributed by atoms with Crippen LogP contribution >= 0.6 is 11.3 Å². The second kappa shape index (κ2) is 7.84. The Bertz CT molecular complexity index is 1270.